The first-order chi connectivity index (χ1) is 13.0. The fourth-order valence-corrected chi connectivity index (χ4v) is 3.04. The van der Waals surface area contributed by atoms with Crippen LogP contribution in [0.3, 0.4) is 0 Å². The highest BCUT2D eigenvalue weighted by atomic mass is 19.1. The molecule has 0 aliphatic carbocycles. The van der Waals surface area contributed by atoms with Crippen molar-refractivity contribution < 1.29 is 13.5 Å². The Morgan fingerprint density at radius 3 is 2.26 bits per heavy atom. The van der Waals surface area contributed by atoms with Crippen molar-refractivity contribution in [2.75, 3.05) is 6.61 Å². The molecule has 0 bridgehead atoms. The molecule has 0 amide bonds. The molecule has 1 aliphatic heterocycles. The van der Waals surface area contributed by atoms with Crippen LogP contribution < -0.4 is 10.1 Å². The Morgan fingerprint density at radius 2 is 1.70 bits per heavy atom. The summed E-state index contributed by atoms with van der Waals surface area (Å²) in [6.07, 6.45) is 0.664. The second-order valence-electron chi connectivity index (χ2n) is 6.17. The number of nitrogens with one attached hydrogen (secondary N) is 1. The molecule has 1 atom stereocenters. The molecule has 2 aromatic rings. The molecule has 4 heteroatoms. The first kappa shape index (κ1) is 20.7. The minimum Gasteiger partial charge on any atom is -0.494 e. The molecule has 0 radical (unpaired) electrons. The zero-order valence-corrected chi connectivity index (χ0v) is 16.4. The van der Waals surface area contributed by atoms with Crippen molar-refractivity contribution >= 4 is 11.3 Å². The summed E-state index contributed by atoms with van der Waals surface area (Å²) < 4.78 is 34.6. The first-order valence-electron chi connectivity index (χ1n) is 9.37. The quantitative estimate of drug-likeness (QED) is 0.671. The molecule has 0 saturated heterocycles. The molecule has 1 N–H and O–H groups in total. The molecule has 0 spiro atoms. The van der Waals surface area contributed by atoms with Crippen LogP contribution in [0.4, 0.5) is 8.78 Å². The number of hydrogen-bond donors (Lipinski definition) is 1. The smallest absolute Gasteiger partial charge is 0.139 e. The van der Waals surface area contributed by atoms with Crippen molar-refractivity contribution in [3.05, 3.63) is 77.5 Å². The highest BCUT2D eigenvalue weighted by Gasteiger charge is 2.27. The normalized spacial score (nSPS) is 16.4. The van der Waals surface area contributed by atoms with Gasteiger partial charge in [-0.3, -0.25) is 0 Å². The van der Waals surface area contributed by atoms with Crippen LogP contribution in [0.25, 0.3) is 11.3 Å². The lowest BCUT2D eigenvalue weighted by Crippen LogP contribution is -2.25. The Balaban J connectivity index is 0.00000126. The van der Waals surface area contributed by atoms with E-state index < -0.39 is 11.6 Å². The van der Waals surface area contributed by atoms with Crippen molar-refractivity contribution in [2.24, 2.45) is 5.92 Å². The van der Waals surface area contributed by atoms with Gasteiger partial charge in [-0.15, -0.1) is 0 Å². The molecule has 0 aromatic heterocycles. The summed E-state index contributed by atoms with van der Waals surface area (Å²) in [6.45, 7) is 12.2. The molecule has 3 rings (SSSR count). The largest absolute Gasteiger partial charge is 0.494 e. The second-order valence-corrected chi connectivity index (χ2v) is 6.17. The van der Waals surface area contributed by atoms with Gasteiger partial charge in [0.2, 0.25) is 0 Å². The third-order valence-electron chi connectivity index (χ3n) is 4.39. The molecule has 1 aliphatic rings. The molecule has 2 aromatic carbocycles. The van der Waals surface area contributed by atoms with Gasteiger partial charge in [-0.2, -0.15) is 0 Å². The van der Waals surface area contributed by atoms with Crippen LogP contribution >= 0.6 is 0 Å². The van der Waals surface area contributed by atoms with E-state index in [-0.39, 0.29) is 17.2 Å². The zero-order chi connectivity index (χ0) is 20.0. The summed E-state index contributed by atoms with van der Waals surface area (Å²) in [5, 5.41) is 3.13. The van der Waals surface area contributed by atoms with E-state index in [0.717, 1.165) is 16.8 Å². The van der Waals surface area contributed by atoms with Crippen LogP contribution in [0.15, 0.2) is 54.7 Å². The van der Waals surface area contributed by atoms with Crippen molar-refractivity contribution in [3.63, 3.8) is 0 Å². The Labute approximate surface area is 160 Å². The Bertz CT molecular complexity index is 805. The van der Waals surface area contributed by atoms with E-state index >= 15 is 0 Å². The van der Waals surface area contributed by atoms with Gasteiger partial charge in [0.05, 0.1) is 17.9 Å². The van der Waals surface area contributed by atoms with Crippen LogP contribution in [0.2, 0.25) is 0 Å². The van der Waals surface area contributed by atoms with Crippen molar-refractivity contribution in [1.29, 1.82) is 0 Å². The molecule has 2 nitrogen and oxygen atoms in total. The summed E-state index contributed by atoms with van der Waals surface area (Å²) in [5.74, 6) is -0.942. The predicted molar refractivity (Wildman–Crippen MR) is 108 cm³/mol. The number of halogens is 2. The van der Waals surface area contributed by atoms with Gasteiger partial charge in [0.1, 0.15) is 17.4 Å². The van der Waals surface area contributed by atoms with Crippen LogP contribution in [0.1, 0.15) is 45.2 Å². The van der Waals surface area contributed by atoms with E-state index in [0.29, 0.717) is 18.7 Å². The third-order valence-corrected chi connectivity index (χ3v) is 4.39. The maximum atomic E-state index is 14.7. The highest BCUT2D eigenvalue weighted by Crippen LogP contribution is 2.38. The van der Waals surface area contributed by atoms with Gasteiger partial charge in [-0.05, 0) is 30.4 Å². The van der Waals surface area contributed by atoms with Crippen LogP contribution in [0, 0.1) is 17.6 Å². The maximum Gasteiger partial charge on any atom is 0.139 e. The lowest BCUT2D eigenvalue weighted by atomic mass is 9.86. The second kappa shape index (κ2) is 9.36. The average Bonchev–Trinajstić information content (AvgIpc) is 2.66. The summed E-state index contributed by atoms with van der Waals surface area (Å²) in [5.41, 5.74) is 2.93. The molecule has 0 saturated carbocycles. The standard InChI is InChI=1S/C21H21F2NO.C2H6/c1-4-25-16-11-18(22)20(19(23)12-16)21-17(10-13(2)14(3)24-21)15-8-6-5-7-9-15;1-2/h5-9,11-13,24H,3-4,10H2,1-2H3;1-2H3. The first-order valence-corrected chi connectivity index (χ1v) is 9.37. The summed E-state index contributed by atoms with van der Waals surface area (Å²) in [4.78, 5) is 0. The Kier molecular flexibility index (Phi) is 7.17. The number of benzene rings is 2. The van der Waals surface area contributed by atoms with Crippen molar-refractivity contribution in [2.45, 2.75) is 34.1 Å². The van der Waals surface area contributed by atoms with Gasteiger partial charge < -0.3 is 10.1 Å². The topological polar surface area (TPSA) is 21.3 Å². The molecule has 1 unspecified atom stereocenters. The van der Waals surface area contributed by atoms with Crippen LogP contribution in [-0.2, 0) is 0 Å². The number of rotatable bonds is 4. The van der Waals surface area contributed by atoms with Crippen LogP contribution in [-0.4, -0.2) is 6.61 Å². The molecule has 1 heterocycles. The molecule has 0 fully saturated rings. The Hall–Kier alpha value is -2.62. The minimum atomic E-state index is -0.651. The lowest BCUT2D eigenvalue weighted by molar-refractivity contribution is 0.335. The fourth-order valence-electron chi connectivity index (χ4n) is 3.04. The van der Waals surface area contributed by atoms with E-state index in [9.17, 15) is 8.78 Å². The van der Waals surface area contributed by atoms with Gasteiger partial charge >= 0.3 is 0 Å². The van der Waals surface area contributed by atoms with Crippen molar-refractivity contribution in [3.8, 4) is 5.75 Å². The van der Waals surface area contributed by atoms with E-state index in [2.05, 4.69) is 11.9 Å². The average molecular weight is 371 g/mol. The van der Waals surface area contributed by atoms with Gasteiger partial charge in [-0.25, -0.2) is 8.78 Å². The lowest BCUT2D eigenvalue weighted by Gasteiger charge is -2.29. The molecule has 144 valence electrons. The van der Waals surface area contributed by atoms with Gasteiger partial charge in [0.25, 0.3) is 0 Å². The summed E-state index contributed by atoms with van der Waals surface area (Å²) >= 11 is 0. The van der Waals surface area contributed by atoms with E-state index in [1.807, 2.05) is 51.1 Å². The molecular formula is C23H27F2NO. The van der Waals surface area contributed by atoms with E-state index in [1.54, 1.807) is 6.92 Å². The summed E-state index contributed by atoms with van der Waals surface area (Å²) in [6, 6.07) is 12.1. The number of ether oxygens (including phenoxy) is 1. The van der Waals surface area contributed by atoms with Crippen LogP contribution in [0.5, 0.6) is 5.75 Å². The highest BCUT2D eigenvalue weighted by molar-refractivity contribution is 5.92. The van der Waals surface area contributed by atoms with E-state index in [1.165, 1.54) is 12.1 Å². The third kappa shape index (κ3) is 4.57. The number of allylic oxidation sites excluding steroid dienone is 2. The molecular weight excluding hydrogens is 344 g/mol. The SMILES string of the molecule is C=C1NC(c2c(F)cc(OCC)cc2F)=C(c2ccccc2)CC1C.CC. The monoisotopic (exact) mass is 371 g/mol. The van der Waals surface area contributed by atoms with Gasteiger partial charge in [0, 0.05) is 17.8 Å². The van der Waals surface area contributed by atoms with Crippen molar-refractivity contribution in [1.82, 2.24) is 5.32 Å². The van der Waals surface area contributed by atoms with Gasteiger partial charge in [-0.1, -0.05) is 57.7 Å². The minimum absolute atomic E-state index is 0.0737. The van der Waals surface area contributed by atoms with Gasteiger partial charge in [0.15, 0.2) is 0 Å². The zero-order valence-electron chi connectivity index (χ0n) is 16.4. The Morgan fingerprint density at radius 1 is 1.11 bits per heavy atom. The summed E-state index contributed by atoms with van der Waals surface area (Å²) in [7, 11) is 0. The predicted octanol–water partition coefficient (Wildman–Crippen LogP) is 6.40. The number of hydrogen-bond acceptors (Lipinski definition) is 2. The van der Waals surface area contributed by atoms with E-state index in [4.69, 9.17) is 4.74 Å². The fraction of sp³-hybridized carbons (Fsp3) is 0.304. The maximum absolute atomic E-state index is 14.7. The molecule has 27 heavy (non-hydrogen) atoms.